The average molecular weight is 285 g/mol. The van der Waals surface area contributed by atoms with E-state index in [0.717, 1.165) is 0 Å². The molecule has 0 fully saturated rings. The molecular formula is C6H6BrI. The van der Waals surface area contributed by atoms with E-state index in [0.29, 0.717) is 0 Å². The molecule has 0 saturated carbocycles. The van der Waals surface area contributed by atoms with Gasteiger partial charge in [-0.3, -0.25) is 0 Å². The summed E-state index contributed by atoms with van der Waals surface area (Å²) in [6.45, 7) is 2.18. The summed E-state index contributed by atoms with van der Waals surface area (Å²) in [6, 6.07) is 0. The molecule has 0 amide bonds. The fourth-order valence-electron chi connectivity index (χ4n) is 0.405. The van der Waals surface area contributed by atoms with Crippen LogP contribution >= 0.6 is 36.7 Å². The maximum absolute atomic E-state index is 3.40. The van der Waals surface area contributed by atoms with Crippen molar-refractivity contribution < 1.29 is 0 Å². The summed E-state index contributed by atoms with van der Waals surface area (Å²) in [4.78, 5) is 0. The molecule has 0 aromatic heterocycles. The number of hydrogen-bond donors (Lipinski definition) is 0. The van der Waals surface area contributed by atoms with Gasteiger partial charge in [0.15, 0.2) is 0 Å². The quantitative estimate of drug-likeness (QED) is 0.600. The largest absolute Gasteiger partial charge is 0.0893 e. The zero-order valence-corrected chi connectivity index (χ0v) is 8.23. The fourth-order valence-corrected chi connectivity index (χ4v) is 2.50. The second-order valence-corrected chi connectivity index (χ2v) is 5.39. The van der Waals surface area contributed by atoms with Gasteiger partial charge in [0, 0.05) is 4.48 Å². The van der Waals surface area contributed by atoms with Crippen molar-refractivity contribution in [2.75, 3.05) is 0 Å². The molecule has 2 heteroatoms. The van der Waals surface area contributed by atoms with E-state index in [9.17, 15) is 0 Å². The lowest BCUT2D eigenvalue weighted by molar-refractivity contribution is 1.94. The van der Waals surface area contributed by atoms with E-state index in [-0.39, 0.29) is 20.7 Å². The van der Waals surface area contributed by atoms with Crippen molar-refractivity contribution in [3.63, 3.8) is 0 Å². The first-order valence-electron chi connectivity index (χ1n) is 2.30. The van der Waals surface area contributed by atoms with E-state index in [1.165, 1.54) is 7.99 Å². The van der Waals surface area contributed by atoms with Gasteiger partial charge in [0.1, 0.15) is 0 Å². The van der Waals surface area contributed by atoms with Crippen LogP contribution in [0, 0.1) is 0 Å². The minimum atomic E-state index is 0.233. The predicted molar refractivity (Wildman–Crippen MR) is 50.9 cm³/mol. The van der Waals surface area contributed by atoms with Gasteiger partial charge < -0.3 is 0 Å². The summed E-state index contributed by atoms with van der Waals surface area (Å²) in [5.41, 5.74) is 0. The van der Waals surface area contributed by atoms with Crippen LogP contribution in [0.5, 0.6) is 0 Å². The highest BCUT2D eigenvalue weighted by Gasteiger charge is 1.88. The summed E-state index contributed by atoms with van der Waals surface area (Å²) in [5, 5.41) is 0. The Hall–Kier alpha value is 0.560. The van der Waals surface area contributed by atoms with Gasteiger partial charge in [-0.25, -0.2) is 0 Å². The minimum absolute atomic E-state index is 0.233. The Morgan fingerprint density at radius 1 is 1.50 bits per heavy atom. The molecule has 0 aromatic rings. The first-order chi connectivity index (χ1) is 3.79. The predicted octanol–water partition coefficient (Wildman–Crippen LogP) is 2.96. The van der Waals surface area contributed by atoms with Gasteiger partial charge in [-0.15, -0.1) is 0 Å². The minimum Gasteiger partial charge on any atom is -0.0893 e. The van der Waals surface area contributed by atoms with Gasteiger partial charge in [-0.2, -0.15) is 0 Å². The Bertz CT molecular complexity index is 157. The van der Waals surface area contributed by atoms with Crippen molar-refractivity contribution in [3.8, 4) is 0 Å². The highest BCUT2D eigenvalue weighted by molar-refractivity contribution is 14.2. The average Bonchev–Trinajstić information content (AvgIpc) is 1.77. The molecule has 1 aliphatic heterocycles. The summed E-state index contributed by atoms with van der Waals surface area (Å²) in [7, 11) is 0. The molecule has 0 radical (unpaired) electrons. The van der Waals surface area contributed by atoms with Gasteiger partial charge in [0.25, 0.3) is 0 Å². The van der Waals surface area contributed by atoms with Gasteiger partial charge in [0.05, 0.1) is 0 Å². The molecule has 0 nitrogen and oxygen atoms in total. The Morgan fingerprint density at radius 2 is 2.25 bits per heavy atom. The Morgan fingerprint density at radius 3 is 2.62 bits per heavy atom. The molecule has 1 rings (SSSR count). The van der Waals surface area contributed by atoms with Crippen molar-refractivity contribution in [2.45, 2.75) is 6.92 Å². The van der Waals surface area contributed by atoms with Crippen LogP contribution in [0.15, 0.2) is 20.7 Å². The Balaban J connectivity index is 2.86. The number of halogens is 2. The van der Waals surface area contributed by atoms with Crippen molar-refractivity contribution in [1.82, 2.24) is 0 Å². The maximum Gasteiger partial charge on any atom is 0.0232 e. The first-order valence-corrected chi connectivity index (χ1v) is 5.41. The lowest BCUT2D eigenvalue weighted by atomic mass is 10.4. The van der Waals surface area contributed by atoms with Crippen LogP contribution in [-0.2, 0) is 0 Å². The van der Waals surface area contributed by atoms with Crippen LogP contribution in [0.4, 0.5) is 0 Å². The molecule has 0 spiro atoms. The van der Waals surface area contributed by atoms with Crippen molar-refractivity contribution >= 4 is 40.2 Å². The molecule has 0 bridgehead atoms. The van der Waals surface area contributed by atoms with Crippen molar-refractivity contribution in [2.24, 2.45) is 0 Å². The molecule has 8 heavy (non-hydrogen) atoms. The van der Waals surface area contributed by atoms with Crippen molar-refractivity contribution in [3.05, 3.63) is 20.7 Å². The van der Waals surface area contributed by atoms with Crippen molar-refractivity contribution in [1.29, 1.82) is 0 Å². The zero-order valence-electron chi connectivity index (χ0n) is 4.49. The number of hydrogen-bond acceptors (Lipinski definition) is 0. The van der Waals surface area contributed by atoms with E-state index in [2.05, 4.69) is 39.1 Å². The first kappa shape index (κ1) is 6.68. The van der Waals surface area contributed by atoms with E-state index in [1.54, 1.807) is 0 Å². The van der Waals surface area contributed by atoms with Crippen LogP contribution in [0.1, 0.15) is 6.92 Å². The molecule has 0 aromatic carbocycles. The van der Waals surface area contributed by atoms with E-state index in [4.69, 9.17) is 0 Å². The normalized spacial score (nSPS) is 18.8. The van der Waals surface area contributed by atoms with Crippen LogP contribution in [-0.4, -0.2) is 3.51 Å². The van der Waals surface area contributed by atoms with Gasteiger partial charge in [-0.05, 0) is 20.6 Å². The van der Waals surface area contributed by atoms with Crippen LogP contribution < -0.4 is 0 Å². The molecule has 0 N–H and O–H groups in total. The van der Waals surface area contributed by atoms with Crippen LogP contribution in [0.25, 0.3) is 0 Å². The second kappa shape index (κ2) is 2.92. The number of allylic oxidation sites excluding steroid dienone is 3. The second-order valence-electron chi connectivity index (χ2n) is 1.52. The lowest BCUT2D eigenvalue weighted by Gasteiger charge is -1.94. The standard InChI is InChI=1S/C6H6BrI/c1-5-2-3-6(7)4-8-5/h2-4H,1H3. The Kier molecular flexibility index (Phi) is 2.43. The zero-order chi connectivity index (χ0) is 5.98. The highest BCUT2D eigenvalue weighted by Crippen LogP contribution is 2.19. The monoisotopic (exact) mass is 284 g/mol. The summed E-state index contributed by atoms with van der Waals surface area (Å²) < 4.78 is 5.05. The van der Waals surface area contributed by atoms with Gasteiger partial charge >= 0.3 is 0 Å². The number of rotatable bonds is 0. The van der Waals surface area contributed by atoms with Crippen LogP contribution in [0.2, 0.25) is 0 Å². The molecule has 1 aliphatic rings. The summed E-state index contributed by atoms with van der Waals surface area (Å²) >= 11 is 3.64. The van der Waals surface area contributed by atoms with E-state index < -0.39 is 0 Å². The summed E-state index contributed by atoms with van der Waals surface area (Å²) in [5.74, 6) is 0. The highest BCUT2D eigenvalue weighted by atomic mass is 127. The van der Waals surface area contributed by atoms with Gasteiger partial charge in [-0.1, -0.05) is 42.7 Å². The molecule has 1 heterocycles. The molecule has 0 unspecified atom stereocenters. The SMILES string of the molecule is CC1=IC=C(Br)C=C1. The lowest BCUT2D eigenvalue weighted by Crippen LogP contribution is -1.79. The third-order valence-corrected chi connectivity index (χ3v) is 4.48. The Labute approximate surface area is 67.5 Å². The van der Waals surface area contributed by atoms with E-state index in [1.807, 2.05) is 0 Å². The topological polar surface area (TPSA) is 0 Å². The maximum atomic E-state index is 3.40. The molecule has 0 atom stereocenters. The molecular weight excluding hydrogens is 279 g/mol. The molecule has 0 aliphatic carbocycles. The fraction of sp³-hybridized carbons (Fsp3) is 0.167. The summed E-state index contributed by atoms with van der Waals surface area (Å²) in [6.07, 6.45) is 4.27. The molecule has 44 valence electrons. The van der Waals surface area contributed by atoms with Gasteiger partial charge in [0.2, 0.25) is 0 Å². The van der Waals surface area contributed by atoms with Crippen LogP contribution in [0.3, 0.4) is 0 Å². The smallest absolute Gasteiger partial charge is 0.0232 e. The third kappa shape index (κ3) is 1.82. The van der Waals surface area contributed by atoms with E-state index >= 15 is 0 Å². The third-order valence-electron chi connectivity index (χ3n) is 0.803. The molecule has 0 saturated heterocycles.